The summed E-state index contributed by atoms with van der Waals surface area (Å²) < 4.78 is 1.42. The van der Waals surface area contributed by atoms with E-state index >= 15 is 0 Å². The first-order chi connectivity index (χ1) is 17.0. The molecule has 5 aromatic carbocycles. The zero-order chi connectivity index (χ0) is 24.4. The van der Waals surface area contributed by atoms with Gasteiger partial charge in [0.25, 0.3) is 0 Å². The van der Waals surface area contributed by atoms with Crippen molar-refractivity contribution in [2.75, 3.05) is 0 Å². The van der Waals surface area contributed by atoms with E-state index < -0.39 is 0 Å². The monoisotopic (exact) mass is 527 g/mol. The second-order valence-electron chi connectivity index (χ2n) is 9.27. The van der Waals surface area contributed by atoms with Crippen LogP contribution >= 0.6 is 0 Å². The van der Waals surface area contributed by atoms with Gasteiger partial charge < -0.3 is 0 Å². The van der Waals surface area contributed by atoms with E-state index in [2.05, 4.69) is 130 Å². The number of aryl methyl sites for hydroxylation is 2. The van der Waals surface area contributed by atoms with Crippen LogP contribution in [-0.4, -0.2) is 3.21 Å². The molecular formula is C34H29Zr-. The van der Waals surface area contributed by atoms with Crippen LogP contribution in [0.1, 0.15) is 39.8 Å². The molecule has 0 saturated heterocycles. The summed E-state index contributed by atoms with van der Waals surface area (Å²) in [6.45, 7) is 6.71. The van der Waals surface area contributed by atoms with E-state index in [0.29, 0.717) is 0 Å². The Labute approximate surface area is 223 Å². The van der Waals surface area contributed by atoms with Gasteiger partial charge in [0.05, 0.1) is 0 Å². The van der Waals surface area contributed by atoms with Gasteiger partial charge in [-0.05, 0) is 27.2 Å². The van der Waals surface area contributed by atoms with E-state index in [-0.39, 0.29) is 0 Å². The maximum atomic E-state index is 2.37. The number of hydrogen-bond acceptors (Lipinski definition) is 0. The Kier molecular flexibility index (Phi) is 6.98. The van der Waals surface area contributed by atoms with Crippen LogP contribution in [0.25, 0.3) is 27.1 Å². The van der Waals surface area contributed by atoms with Gasteiger partial charge in [-0.1, -0.05) is 64.3 Å². The predicted molar refractivity (Wildman–Crippen MR) is 149 cm³/mol. The van der Waals surface area contributed by atoms with Gasteiger partial charge in [-0.15, -0.1) is 33.7 Å². The second-order valence-corrected chi connectivity index (χ2v) is 10.5. The molecule has 0 spiro atoms. The average Bonchev–Trinajstić information content (AvgIpc) is 3.55. The van der Waals surface area contributed by atoms with Crippen molar-refractivity contribution in [2.24, 2.45) is 0 Å². The molecule has 0 atom stereocenters. The van der Waals surface area contributed by atoms with Gasteiger partial charge >= 0.3 is 99.2 Å². The number of allylic oxidation sites excluding steroid dienone is 4. The van der Waals surface area contributed by atoms with E-state index in [1.807, 2.05) is 0 Å². The molecule has 1 heteroatoms. The van der Waals surface area contributed by atoms with Crippen LogP contribution in [0, 0.1) is 20.8 Å². The number of fused-ring (bicyclic) bond motifs is 3. The van der Waals surface area contributed by atoms with Crippen molar-refractivity contribution in [1.82, 2.24) is 0 Å². The summed E-state index contributed by atoms with van der Waals surface area (Å²) in [7, 11) is 0. The van der Waals surface area contributed by atoms with Crippen LogP contribution in [0.15, 0.2) is 109 Å². The van der Waals surface area contributed by atoms with Gasteiger partial charge in [-0.3, -0.25) is 0 Å². The summed E-state index contributed by atoms with van der Waals surface area (Å²) in [5, 5.41) is 5.61. The Morgan fingerprint density at radius 1 is 0.771 bits per heavy atom. The zero-order valence-electron chi connectivity index (χ0n) is 20.6. The van der Waals surface area contributed by atoms with Gasteiger partial charge in [-0.25, -0.2) is 0 Å². The molecule has 0 aliphatic heterocycles. The fourth-order valence-electron chi connectivity index (χ4n) is 5.05. The minimum atomic E-state index is 1.06. The molecule has 0 heterocycles. The number of benzene rings is 4. The third-order valence-electron chi connectivity index (χ3n) is 6.98. The Bertz CT molecular complexity index is 1540. The average molecular weight is 529 g/mol. The van der Waals surface area contributed by atoms with E-state index in [9.17, 15) is 0 Å². The van der Waals surface area contributed by atoms with E-state index in [0.717, 1.165) is 6.42 Å². The fourth-order valence-corrected chi connectivity index (χ4v) is 5.87. The van der Waals surface area contributed by atoms with Crippen LogP contribution in [-0.2, 0) is 24.2 Å². The third-order valence-corrected chi connectivity index (χ3v) is 8.40. The molecule has 1 aliphatic carbocycles. The van der Waals surface area contributed by atoms with Crippen molar-refractivity contribution in [3.05, 3.63) is 143 Å². The zero-order valence-corrected chi connectivity index (χ0v) is 23.1. The molecule has 0 fully saturated rings. The summed E-state index contributed by atoms with van der Waals surface area (Å²) >= 11 is 1.46. The molecule has 0 radical (unpaired) electrons. The number of rotatable bonds is 3. The summed E-state index contributed by atoms with van der Waals surface area (Å²) in [5.41, 5.74) is 9.75. The molecule has 1 aliphatic rings. The number of hydrogen-bond donors (Lipinski definition) is 0. The third kappa shape index (κ3) is 4.75. The van der Waals surface area contributed by atoms with Crippen molar-refractivity contribution < 1.29 is 24.2 Å². The first-order valence-electron chi connectivity index (χ1n) is 12.2. The predicted octanol–water partition coefficient (Wildman–Crippen LogP) is 8.78. The van der Waals surface area contributed by atoms with Crippen LogP contribution in [0.3, 0.4) is 0 Å². The first kappa shape index (κ1) is 23.7. The second kappa shape index (κ2) is 10.3. The van der Waals surface area contributed by atoms with Gasteiger partial charge in [0.1, 0.15) is 0 Å². The summed E-state index contributed by atoms with van der Waals surface area (Å²) in [6.07, 6.45) is 7.75. The Balaban J connectivity index is 0.000000158. The molecule has 6 rings (SSSR count). The topological polar surface area (TPSA) is 0 Å². The van der Waals surface area contributed by atoms with Crippen molar-refractivity contribution in [3.8, 4) is 0 Å². The fraction of sp³-hybridized carbons (Fsp3) is 0.118. The maximum absolute atomic E-state index is 2.37. The van der Waals surface area contributed by atoms with Crippen molar-refractivity contribution >= 4 is 30.3 Å². The quantitative estimate of drug-likeness (QED) is 0.205. The van der Waals surface area contributed by atoms with Gasteiger partial charge in [0, 0.05) is 0 Å². The van der Waals surface area contributed by atoms with E-state index in [1.54, 1.807) is 0 Å². The SMILES string of the molecule is Cc1cc2c([cH-]c3cccc(C)c32)c(C2=CC=CC2)c1C.[Zr]=[C](c1ccccc1)c1ccccc1. The summed E-state index contributed by atoms with van der Waals surface area (Å²) in [6, 6.07) is 32.5. The van der Waals surface area contributed by atoms with E-state index in [1.165, 1.54) is 87.9 Å². The van der Waals surface area contributed by atoms with E-state index in [4.69, 9.17) is 0 Å². The molecular weight excluding hydrogens is 500 g/mol. The minimum absolute atomic E-state index is 1.06. The molecule has 170 valence electrons. The Morgan fingerprint density at radius 2 is 1.43 bits per heavy atom. The van der Waals surface area contributed by atoms with Crippen LogP contribution in [0.4, 0.5) is 0 Å². The molecule has 0 unspecified atom stereocenters. The van der Waals surface area contributed by atoms with Gasteiger partial charge in [-0.2, -0.15) is 0 Å². The van der Waals surface area contributed by atoms with Gasteiger partial charge in [0.2, 0.25) is 0 Å². The molecule has 0 nitrogen and oxygen atoms in total. The molecule has 0 saturated carbocycles. The molecule has 35 heavy (non-hydrogen) atoms. The van der Waals surface area contributed by atoms with Crippen LogP contribution < -0.4 is 0 Å². The van der Waals surface area contributed by atoms with Crippen molar-refractivity contribution in [2.45, 2.75) is 27.2 Å². The first-order valence-corrected chi connectivity index (χ1v) is 13.4. The van der Waals surface area contributed by atoms with Crippen molar-refractivity contribution in [3.63, 3.8) is 0 Å². The normalized spacial score (nSPS) is 12.5. The van der Waals surface area contributed by atoms with Crippen LogP contribution in [0.2, 0.25) is 0 Å². The molecule has 0 bridgehead atoms. The van der Waals surface area contributed by atoms with Crippen molar-refractivity contribution in [1.29, 1.82) is 0 Å². The standard InChI is InChI=1S/C21H19.C13H10.Zr/c1-13-7-6-10-17-12-19-18(20(13)17)11-14(2)15(3)21(19)16-8-4-5-9-16;1-3-7-12(8-4-1)11-13-9-5-2-6-10-13;/h4-8,10-12H,9H2,1-3H3;1-10H;/q-1;;. The summed E-state index contributed by atoms with van der Waals surface area (Å²) in [4.78, 5) is 0. The van der Waals surface area contributed by atoms with Gasteiger partial charge in [0.15, 0.2) is 0 Å². The molecule has 0 N–H and O–H groups in total. The molecule has 0 amide bonds. The molecule has 5 aromatic rings. The molecule has 0 aromatic heterocycles. The Morgan fingerprint density at radius 3 is 2.03 bits per heavy atom. The van der Waals surface area contributed by atoms with Crippen LogP contribution in [0.5, 0.6) is 0 Å². The Hall–Kier alpha value is -3.02. The summed E-state index contributed by atoms with van der Waals surface area (Å²) in [5.74, 6) is 0.